The molecule has 0 radical (unpaired) electrons. The Bertz CT molecular complexity index is 915. The van der Waals surface area contributed by atoms with Crippen LogP contribution in [-0.4, -0.2) is 12.2 Å². The lowest BCUT2D eigenvalue weighted by Crippen LogP contribution is -2.32. The van der Waals surface area contributed by atoms with Crippen molar-refractivity contribution < 1.29 is 14.0 Å². The van der Waals surface area contributed by atoms with Gasteiger partial charge in [-0.25, -0.2) is 4.79 Å². The van der Waals surface area contributed by atoms with E-state index in [-0.39, 0.29) is 5.56 Å². The lowest BCUT2D eigenvalue weighted by Gasteiger charge is -2.12. The van der Waals surface area contributed by atoms with E-state index in [9.17, 15) is 14.4 Å². The van der Waals surface area contributed by atoms with Gasteiger partial charge in [0.2, 0.25) is 0 Å². The minimum atomic E-state index is -0.824. The summed E-state index contributed by atoms with van der Waals surface area (Å²) in [5.41, 5.74) is 0.176. The molecule has 0 aliphatic rings. The molecule has 3 aromatic rings. The third kappa shape index (κ3) is 3.03. The van der Waals surface area contributed by atoms with Crippen LogP contribution in [0.25, 0.3) is 11.0 Å². The van der Waals surface area contributed by atoms with Gasteiger partial charge in [-0.3, -0.25) is 4.79 Å². The molecular formula is C18H13NO4. The van der Waals surface area contributed by atoms with Crippen LogP contribution in [0.3, 0.4) is 0 Å². The standard InChI is InChI=1S/C18H13NO4/c20-11-15(12-6-2-1-3-7-12)19-17(21)14-10-13-8-4-5-9-16(13)23-18(14)22/h1-11,15H,(H,19,21). The van der Waals surface area contributed by atoms with Gasteiger partial charge in [0.15, 0.2) is 0 Å². The molecule has 1 amide bonds. The van der Waals surface area contributed by atoms with Crippen molar-refractivity contribution in [3.8, 4) is 0 Å². The Labute approximate surface area is 131 Å². The van der Waals surface area contributed by atoms with Gasteiger partial charge in [-0.05, 0) is 17.7 Å². The highest BCUT2D eigenvalue weighted by atomic mass is 16.4. The van der Waals surface area contributed by atoms with E-state index in [2.05, 4.69) is 5.32 Å². The van der Waals surface area contributed by atoms with Gasteiger partial charge in [-0.15, -0.1) is 0 Å². The van der Waals surface area contributed by atoms with E-state index in [1.54, 1.807) is 48.5 Å². The van der Waals surface area contributed by atoms with E-state index >= 15 is 0 Å². The molecule has 0 aliphatic carbocycles. The van der Waals surface area contributed by atoms with Crippen molar-refractivity contribution in [3.05, 3.63) is 82.2 Å². The summed E-state index contributed by atoms with van der Waals surface area (Å²) in [4.78, 5) is 35.5. The Kier molecular flexibility index (Phi) is 4.01. The summed E-state index contributed by atoms with van der Waals surface area (Å²) in [5.74, 6) is -0.648. The van der Waals surface area contributed by atoms with Crippen molar-refractivity contribution in [1.82, 2.24) is 5.32 Å². The molecule has 1 unspecified atom stereocenters. The number of amides is 1. The predicted molar refractivity (Wildman–Crippen MR) is 85.2 cm³/mol. The molecule has 2 aromatic carbocycles. The normalized spacial score (nSPS) is 11.8. The number of hydrogen-bond acceptors (Lipinski definition) is 4. The van der Waals surface area contributed by atoms with E-state index in [1.807, 2.05) is 6.07 Å². The molecule has 0 fully saturated rings. The third-order valence-electron chi connectivity index (χ3n) is 3.47. The lowest BCUT2D eigenvalue weighted by molar-refractivity contribution is -0.109. The van der Waals surface area contributed by atoms with Crippen LogP contribution in [0, 0.1) is 0 Å². The fourth-order valence-corrected chi connectivity index (χ4v) is 2.30. The third-order valence-corrected chi connectivity index (χ3v) is 3.47. The maximum atomic E-state index is 12.3. The average molecular weight is 307 g/mol. The van der Waals surface area contributed by atoms with Gasteiger partial charge in [0.25, 0.3) is 5.91 Å². The first-order valence-corrected chi connectivity index (χ1v) is 7.03. The van der Waals surface area contributed by atoms with E-state index in [1.165, 1.54) is 6.07 Å². The minimum Gasteiger partial charge on any atom is -0.422 e. The van der Waals surface area contributed by atoms with Gasteiger partial charge in [0.1, 0.15) is 23.5 Å². The van der Waals surface area contributed by atoms with Gasteiger partial charge >= 0.3 is 5.63 Å². The number of aldehydes is 1. The molecule has 1 N–H and O–H groups in total. The van der Waals surface area contributed by atoms with Crippen LogP contribution in [0.5, 0.6) is 0 Å². The predicted octanol–water partition coefficient (Wildman–Crippen LogP) is 2.46. The molecule has 0 saturated carbocycles. The molecule has 0 spiro atoms. The molecule has 0 aliphatic heterocycles. The van der Waals surface area contributed by atoms with E-state index < -0.39 is 17.6 Å². The second kappa shape index (κ2) is 6.27. The highest BCUT2D eigenvalue weighted by Crippen LogP contribution is 2.14. The summed E-state index contributed by atoms with van der Waals surface area (Å²) in [7, 11) is 0. The van der Waals surface area contributed by atoms with Gasteiger partial charge in [-0.2, -0.15) is 0 Å². The summed E-state index contributed by atoms with van der Waals surface area (Å²) in [6, 6.07) is 16.3. The second-order valence-corrected chi connectivity index (χ2v) is 4.98. The lowest BCUT2D eigenvalue weighted by atomic mass is 10.1. The molecule has 5 nitrogen and oxygen atoms in total. The zero-order valence-corrected chi connectivity index (χ0v) is 12.1. The van der Waals surface area contributed by atoms with Gasteiger partial charge in [0.05, 0.1) is 0 Å². The number of hydrogen-bond donors (Lipinski definition) is 1. The van der Waals surface area contributed by atoms with Crippen molar-refractivity contribution >= 4 is 23.2 Å². The zero-order valence-electron chi connectivity index (χ0n) is 12.1. The first kappa shape index (κ1) is 14.7. The highest BCUT2D eigenvalue weighted by molar-refractivity contribution is 5.97. The number of carbonyl (C=O) groups excluding carboxylic acids is 2. The molecule has 114 valence electrons. The van der Waals surface area contributed by atoms with Crippen LogP contribution in [0.4, 0.5) is 0 Å². The maximum Gasteiger partial charge on any atom is 0.349 e. The van der Waals surface area contributed by atoms with Crippen molar-refractivity contribution in [1.29, 1.82) is 0 Å². The minimum absolute atomic E-state index is 0.133. The Morgan fingerprint density at radius 3 is 2.48 bits per heavy atom. The number of fused-ring (bicyclic) bond motifs is 1. The molecule has 0 saturated heterocycles. The molecule has 1 aromatic heterocycles. The molecular weight excluding hydrogens is 294 g/mol. The number of rotatable bonds is 4. The van der Waals surface area contributed by atoms with Crippen LogP contribution < -0.4 is 10.9 Å². The van der Waals surface area contributed by atoms with Crippen LogP contribution in [0.15, 0.2) is 69.9 Å². The summed E-state index contributed by atoms with van der Waals surface area (Å²) in [6.07, 6.45) is 0.621. The summed E-state index contributed by atoms with van der Waals surface area (Å²) in [5, 5.41) is 3.18. The van der Waals surface area contributed by atoms with Crippen molar-refractivity contribution in [2.75, 3.05) is 0 Å². The Morgan fingerprint density at radius 2 is 1.74 bits per heavy atom. The van der Waals surface area contributed by atoms with Crippen LogP contribution in [0.1, 0.15) is 22.0 Å². The molecule has 0 bridgehead atoms. The monoisotopic (exact) mass is 307 g/mol. The summed E-state index contributed by atoms with van der Waals surface area (Å²) in [6.45, 7) is 0. The van der Waals surface area contributed by atoms with Gasteiger partial charge < -0.3 is 14.5 Å². The maximum absolute atomic E-state index is 12.3. The molecule has 5 heteroatoms. The summed E-state index contributed by atoms with van der Waals surface area (Å²) < 4.78 is 5.13. The van der Waals surface area contributed by atoms with Crippen LogP contribution in [0.2, 0.25) is 0 Å². The number of para-hydroxylation sites is 1. The topological polar surface area (TPSA) is 76.4 Å². The van der Waals surface area contributed by atoms with Crippen molar-refractivity contribution in [3.63, 3.8) is 0 Å². The average Bonchev–Trinajstić information content (AvgIpc) is 2.59. The molecule has 3 rings (SSSR count). The Hall–Kier alpha value is -3.21. The van der Waals surface area contributed by atoms with Gasteiger partial charge in [-0.1, -0.05) is 48.5 Å². The smallest absolute Gasteiger partial charge is 0.349 e. The SMILES string of the molecule is O=CC(NC(=O)c1cc2ccccc2oc1=O)c1ccccc1. The largest absolute Gasteiger partial charge is 0.422 e. The number of carbonyl (C=O) groups is 2. The summed E-state index contributed by atoms with van der Waals surface area (Å²) >= 11 is 0. The number of nitrogens with one attached hydrogen (secondary N) is 1. The van der Waals surface area contributed by atoms with Crippen LogP contribution >= 0.6 is 0 Å². The van der Waals surface area contributed by atoms with Crippen molar-refractivity contribution in [2.24, 2.45) is 0 Å². The van der Waals surface area contributed by atoms with Gasteiger partial charge in [0, 0.05) is 5.39 Å². The van der Waals surface area contributed by atoms with E-state index in [0.29, 0.717) is 22.8 Å². The first-order chi connectivity index (χ1) is 11.2. The molecule has 23 heavy (non-hydrogen) atoms. The molecule has 1 heterocycles. The van der Waals surface area contributed by atoms with E-state index in [4.69, 9.17) is 4.42 Å². The number of benzene rings is 2. The van der Waals surface area contributed by atoms with Crippen molar-refractivity contribution in [2.45, 2.75) is 6.04 Å². The zero-order chi connectivity index (χ0) is 16.2. The highest BCUT2D eigenvalue weighted by Gasteiger charge is 2.18. The fourth-order valence-electron chi connectivity index (χ4n) is 2.30. The molecule has 1 atom stereocenters. The fraction of sp³-hybridized carbons (Fsp3) is 0.0556. The second-order valence-electron chi connectivity index (χ2n) is 4.98. The quantitative estimate of drug-likeness (QED) is 0.593. The Balaban J connectivity index is 1.92. The first-order valence-electron chi connectivity index (χ1n) is 7.03. The van der Waals surface area contributed by atoms with E-state index in [0.717, 1.165) is 0 Å². The van der Waals surface area contributed by atoms with Crippen LogP contribution in [-0.2, 0) is 4.79 Å². The Morgan fingerprint density at radius 1 is 1.04 bits per heavy atom.